The molecule has 2 aliphatic rings. The van der Waals surface area contributed by atoms with Gasteiger partial charge < -0.3 is 19.4 Å². The van der Waals surface area contributed by atoms with Gasteiger partial charge in [0.25, 0.3) is 0 Å². The Labute approximate surface area is 135 Å². The van der Waals surface area contributed by atoms with Crippen LogP contribution in [0.3, 0.4) is 0 Å². The van der Waals surface area contributed by atoms with Gasteiger partial charge in [-0.3, -0.25) is 0 Å². The van der Waals surface area contributed by atoms with Crippen molar-refractivity contribution in [2.45, 2.75) is 19.8 Å². The third-order valence-electron chi connectivity index (χ3n) is 5.48. The molecule has 0 aliphatic carbocycles. The number of aryl methyl sites for hydroxylation is 1. The molecule has 1 aromatic heterocycles. The monoisotopic (exact) mass is 314 g/mol. The lowest BCUT2D eigenvalue weighted by Gasteiger charge is -2.24. The number of aromatic amines is 1. The van der Waals surface area contributed by atoms with E-state index in [-0.39, 0.29) is 11.4 Å². The van der Waals surface area contributed by atoms with E-state index in [9.17, 15) is 4.79 Å². The summed E-state index contributed by atoms with van der Waals surface area (Å²) in [5.74, 6) is 0.541. The summed E-state index contributed by atoms with van der Waals surface area (Å²) >= 11 is 0. The molecule has 5 nitrogen and oxygen atoms in total. The van der Waals surface area contributed by atoms with E-state index in [0.717, 1.165) is 54.7 Å². The number of nitrogens with one attached hydrogen (secondary N) is 1. The molecule has 1 N–H and O–H groups in total. The van der Waals surface area contributed by atoms with E-state index in [1.807, 2.05) is 19.1 Å². The van der Waals surface area contributed by atoms with Crippen LogP contribution in [0.2, 0.25) is 0 Å². The second kappa shape index (κ2) is 5.27. The molecule has 0 saturated carbocycles. The van der Waals surface area contributed by atoms with Crippen molar-refractivity contribution in [3.8, 4) is 5.75 Å². The number of benzene rings is 1. The van der Waals surface area contributed by atoms with Gasteiger partial charge in [-0.2, -0.15) is 0 Å². The van der Waals surface area contributed by atoms with Crippen LogP contribution in [0.25, 0.3) is 10.9 Å². The molecular weight excluding hydrogens is 292 g/mol. The summed E-state index contributed by atoms with van der Waals surface area (Å²) in [6.45, 7) is 5.84. The van der Waals surface area contributed by atoms with E-state index < -0.39 is 0 Å². The molecule has 2 aliphatic heterocycles. The molecule has 122 valence electrons. The minimum atomic E-state index is -0.243. The number of ether oxygens (including phenoxy) is 2. The number of hydrogen-bond acceptors (Lipinski definition) is 4. The Morgan fingerprint density at radius 3 is 2.78 bits per heavy atom. The third kappa shape index (κ3) is 2.30. The number of aromatic nitrogens is 1. The number of H-pyrrole nitrogens is 1. The lowest BCUT2D eigenvalue weighted by atomic mass is 9.86. The van der Waals surface area contributed by atoms with Crippen LogP contribution in [-0.2, 0) is 4.74 Å². The minimum Gasteiger partial charge on any atom is -0.496 e. The van der Waals surface area contributed by atoms with Crippen molar-refractivity contribution in [2.24, 2.45) is 5.41 Å². The Morgan fingerprint density at radius 1 is 1.35 bits per heavy atom. The fourth-order valence-electron chi connectivity index (χ4n) is 4.07. The molecule has 0 radical (unpaired) electrons. The maximum atomic E-state index is 12.6. The number of esters is 1. The fourth-order valence-corrected chi connectivity index (χ4v) is 4.07. The molecular formula is C18H22N2O3. The zero-order chi connectivity index (χ0) is 16.0. The summed E-state index contributed by atoms with van der Waals surface area (Å²) in [5.41, 5.74) is 2.68. The van der Waals surface area contributed by atoms with Gasteiger partial charge in [0.1, 0.15) is 5.75 Å². The summed E-state index contributed by atoms with van der Waals surface area (Å²) in [7, 11) is 1.64. The first kappa shape index (κ1) is 14.6. The second-order valence-corrected chi connectivity index (χ2v) is 6.87. The first-order chi connectivity index (χ1) is 11.1. The number of carbonyl (C=O) groups excluding carboxylic acids is 1. The number of carbonyl (C=O) groups is 1. The molecule has 0 atom stereocenters. The van der Waals surface area contributed by atoms with Crippen LogP contribution in [-0.4, -0.2) is 49.2 Å². The molecule has 4 rings (SSSR count). The Balaban J connectivity index is 1.57. The summed E-state index contributed by atoms with van der Waals surface area (Å²) in [6, 6.07) is 3.84. The Hall–Kier alpha value is -2.01. The van der Waals surface area contributed by atoms with Crippen molar-refractivity contribution in [3.63, 3.8) is 0 Å². The molecule has 2 bridgehead atoms. The number of rotatable bonds is 4. The molecule has 1 aromatic carbocycles. The number of hydrogen-bond donors (Lipinski definition) is 1. The van der Waals surface area contributed by atoms with Crippen LogP contribution in [0.1, 0.15) is 28.8 Å². The van der Waals surface area contributed by atoms with E-state index in [2.05, 4.69) is 9.88 Å². The van der Waals surface area contributed by atoms with Crippen molar-refractivity contribution in [1.29, 1.82) is 0 Å². The summed E-state index contributed by atoms with van der Waals surface area (Å²) in [5, 5.41) is 0.895. The summed E-state index contributed by atoms with van der Waals surface area (Å²) in [6.07, 6.45) is 4.02. The van der Waals surface area contributed by atoms with Crippen LogP contribution in [0.5, 0.6) is 5.75 Å². The third-order valence-corrected chi connectivity index (χ3v) is 5.48. The molecule has 0 unspecified atom stereocenters. The van der Waals surface area contributed by atoms with E-state index >= 15 is 0 Å². The fraction of sp³-hybridized carbons (Fsp3) is 0.500. The number of nitrogens with zero attached hydrogens (tertiary/aromatic N) is 1. The first-order valence-corrected chi connectivity index (χ1v) is 8.16. The lowest BCUT2D eigenvalue weighted by molar-refractivity contribution is 0.0326. The second-order valence-electron chi connectivity index (χ2n) is 6.87. The SMILES string of the molecule is COc1ccc2[nH]cc(C(=O)OCC34CCN(CC3)C4)c2c1C. The lowest BCUT2D eigenvalue weighted by Crippen LogP contribution is -2.27. The molecule has 0 spiro atoms. The van der Waals surface area contributed by atoms with Crippen LogP contribution >= 0.6 is 0 Å². The smallest absolute Gasteiger partial charge is 0.340 e. The van der Waals surface area contributed by atoms with Gasteiger partial charge in [0.2, 0.25) is 0 Å². The summed E-state index contributed by atoms with van der Waals surface area (Å²) in [4.78, 5) is 18.2. The van der Waals surface area contributed by atoms with Crippen molar-refractivity contribution < 1.29 is 14.3 Å². The zero-order valence-corrected chi connectivity index (χ0v) is 13.6. The van der Waals surface area contributed by atoms with E-state index in [4.69, 9.17) is 9.47 Å². The van der Waals surface area contributed by atoms with Gasteiger partial charge in [-0.1, -0.05) is 0 Å². The maximum Gasteiger partial charge on any atom is 0.340 e. The predicted octanol–water partition coefficient (Wildman–Crippen LogP) is 2.74. The average Bonchev–Trinajstić information content (AvgIpc) is 3.27. The number of methoxy groups -OCH3 is 1. The average molecular weight is 314 g/mol. The molecule has 0 amide bonds. The Bertz CT molecular complexity index is 757. The van der Waals surface area contributed by atoms with Crippen LogP contribution in [0, 0.1) is 12.3 Å². The standard InChI is InChI=1S/C18H22N2O3/c1-12-15(22-2)4-3-14-16(12)13(9-19-14)17(21)23-11-18-5-7-20(10-18)8-6-18/h3-4,9,19H,5-8,10-11H2,1-2H3. The molecule has 23 heavy (non-hydrogen) atoms. The number of fused-ring (bicyclic) bond motifs is 3. The quantitative estimate of drug-likeness (QED) is 0.882. The van der Waals surface area contributed by atoms with E-state index in [0.29, 0.717) is 12.2 Å². The van der Waals surface area contributed by atoms with E-state index in [1.165, 1.54) is 0 Å². The topological polar surface area (TPSA) is 54.6 Å². The maximum absolute atomic E-state index is 12.6. The van der Waals surface area contributed by atoms with Crippen LogP contribution < -0.4 is 4.74 Å². The normalized spacial score (nSPS) is 25.9. The van der Waals surface area contributed by atoms with Gasteiger partial charge in [-0.05, 0) is 45.0 Å². The van der Waals surface area contributed by atoms with Crippen molar-refractivity contribution >= 4 is 16.9 Å². The minimum absolute atomic E-state index is 0.189. The highest BCUT2D eigenvalue weighted by atomic mass is 16.5. The molecule has 2 aromatic rings. The van der Waals surface area contributed by atoms with Crippen molar-refractivity contribution in [3.05, 3.63) is 29.5 Å². The van der Waals surface area contributed by atoms with Gasteiger partial charge in [-0.25, -0.2) is 4.79 Å². The van der Waals surface area contributed by atoms with Gasteiger partial charge >= 0.3 is 5.97 Å². The summed E-state index contributed by atoms with van der Waals surface area (Å²) < 4.78 is 11.1. The first-order valence-electron chi connectivity index (χ1n) is 8.16. The van der Waals surface area contributed by atoms with Gasteiger partial charge in [0, 0.05) is 34.6 Å². The molecule has 2 saturated heterocycles. The Morgan fingerprint density at radius 2 is 2.13 bits per heavy atom. The highest BCUT2D eigenvalue weighted by molar-refractivity contribution is 6.06. The van der Waals surface area contributed by atoms with Crippen molar-refractivity contribution in [1.82, 2.24) is 9.88 Å². The number of piperidine rings is 1. The zero-order valence-electron chi connectivity index (χ0n) is 13.6. The van der Waals surface area contributed by atoms with Crippen LogP contribution in [0.4, 0.5) is 0 Å². The molecule has 5 heteroatoms. The van der Waals surface area contributed by atoms with Crippen molar-refractivity contribution in [2.75, 3.05) is 33.4 Å². The van der Waals surface area contributed by atoms with Gasteiger partial charge in [0.15, 0.2) is 0 Å². The predicted molar refractivity (Wildman–Crippen MR) is 88.0 cm³/mol. The molecule has 3 heterocycles. The van der Waals surface area contributed by atoms with E-state index in [1.54, 1.807) is 13.3 Å². The molecule has 2 fully saturated rings. The highest BCUT2D eigenvalue weighted by Gasteiger charge is 2.44. The van der Waals surface area contributed by atoms with Gasteiger partial charge in [0.05, 0.1) is 19.3 Å². The Kier molecular flexibility index (Phi) is 3.34. The highest BCUT2D eigenvalue weighted by Crippen LogP contribution is 2.40. The van der Waals surface area contributed by atoms with Crippen LogP contribution in [0.15, 0.2) is 18.3 Å². The van der Waals surface area contributed by atoms with Gasteiger partial charge in [-0.15, -0.1) is 0 Å². The largest absolute Gasteiger partial charge is 0.496 e.